The van der Waals surface area contributed by atoms with Crippen LogP contribution in [0.5, 0.6) is 0 Å². The van der Waals surface area contributed by atoms with E-state index in [2.05, 4.69) is 19.9 Å². The van der Waals surface area contributed by atoms with E-state index >= 15 is 0 Å². The van der Waals surface area contributed by atoms with E-state index in [1.807, 2.05) is 4.90 Å². The molecule has 0 unspecified atom stereocenters. The van der Waals surface area contributed by atoms with Crippen molar-refractivity contribution in [1.29, 1.82) is 0 Å². The number of hydrogen-bond acceptors (Lipinski definition) is 6. The van der Waals surface area contributed by atoms with Crippen molar-refractivity contribution in [3.63, 3.8) is 0 Å². The van der Waals surface area contributed by atoms with Crippen LogP contribution in [0.15, 0.2) is 6.33 Å². The van der Waals surface area contributed by atoms with Gasteiger partial charge in [0.2, 0.25) is 5.28 Å². The summed E-state index contributed by atoms with van der Waals surface area (Å²) in [5, 5.41) is 0.349. The van der Waals surface area contributed by atoms with E-state index < -0.39 is 10.8 Å². The van der Waals surface area contributed by atoms with Crippen molar-refractivity contribution >= 4 is 50.9 Å². The van der Waals surface area contributed by atoms with Crippen LogP contribution in [-0.4, -0.2) is 48.7 Å². The van der Waals surface area contributed by atoms with Gasteiger partial charge < -0.3 is 4.90 Å². The minimum absolute atomic E-state index is 0.103. The molecule has 0 aliphatic carbocycles. The highest BCUT2D eigenvalue weighted by Gasteiger charge is 2.21. The van der Waals surface area contributed by atoms with Crippen LogP contribution in [0.1, 0.15) is 0 Å². The van der Waals surface area contributed by atoms with Gasteiger partial charge in [-0.25, -0.2) is 15.0 Å². The molecular weight excluding hydrogens is 309 g/mol. The van der Waals surface area contributed by atoms with Gasteiger partial charge in [-0.05, 0) is 11.6 Å². The van der Waals surface area contributed by atoms with Crippen LogP contribution >= 0.6 is 23.2 Å². The van der Waals surface area contributed by atoms with Crippen LogP contribution in [0, 0.1) is 0 Å². The largest absolute Gasteiger partial charge is 0.353 e. The van der Waals surface area contributed by atoms with Crippen molar-refractivity contribution < 1.29 is 4.21 Å². The molecular formula is C10H9Cl2N5OS. The van der Waals surface area contributed by atoms with Gasteiger partial charge >= 0.3 is 0 Å². The van der Waals surface area contributed by atoms with E-state index in [0.717, 1.165) is 0 Å². The van der Waals surface area contributed by atoms with Crippen LogP contribution in [-0.2, 0) is 10.8 Å². The molecule has 1 saturated heterocycles. The first-order valence-electron chi connectivity index (χ1n) is 5.59. The second-order valence-electron chi connectivity index (χ2n) is 4.01. The zero-order valence-electron chi connectivity index (χ0n) is 9.71. The van der Waals surface area contributed by atoms with Crippen molar-refractivity contribution in [2.75, 3.05) is 29.5 Å². The molecule has 1 aliphatic rings. The number of nitrogens with zero attached hydrogens (tertiary/aromatic N) is 5. The Kier molecular flexibility index (Phi) is 3.51. The average molecular weight is 318 g/mol. The SMILES string of the molecule is O=S1CCN(c2nc(Cl)nc3c(Cl)ncnc23)CC1. The Morgan fingerprint density at radius 1 is 1.11 bits per heavy atom. The maximum Gasteiger partial charge on any atom is 0.225 e. The summed E-state index contributed by atoms with van der Waals surface area (Å²) >= 11 is 11.9. The van der Waals surface area contributed by atoms with E-state index in [-0.39, 0.29) is 10.4 Å². The van der Waals surface area contributed by atoms with E-state index in [1.54, 1.807) is 0 Å². The van der Waals surface area contributed by atoms with Gasteiger partial charge in [-0.3, -0.25) is 4.21 Å². The normalized spacial score (nSPS) is 17.1. The number of aromatic nitrogens is 4. The minimum Gasteiger partial charge on any atom is -0.353 e. The van der Waals surface area contributed by atoms with Crippen LogP contribution in [0.2, 0.25) is 10.4 Å². The van der Waals surface area contributed by atoms with Gasteiger partial charge in [0, 0.05) is 35.4 Å². The number of anilines is 1. The highest BCUT2D eigenvalue weighted by molar-refractivity contribution is 7.85. The number of fused-ring (bicyclic) bond motifs is 1. The predicted molar refractivity (Wildman–Crippen MR) is 75.2 cm³/mol. The quantitative estimate of drug-likeness (QED) is 0.583. The Balaban J connectivity index is 2.12. The Bertz CT molecular complexity index is 658. The zero-order valence-corrected chi connectivity index (χ0v) is 12.0. The summed E-state index contributed by atoms with van der Waals surface area (Å²) in [5.74, 6) is 1.85. The zero-order chi connectivity index (χ0) is 13.4. The van der Waals surface area contributed by atoms with E-state index in [1.165, 1.54) is 6.33 Å². The first kappa shape index (κ1) is 13.0. The first-order valence-corrected chi connectivity index (χ1v) is 7.83. The highest BCUT2D eigenvalue weighted by Crippen LogP contribution is 2.27. The predicted octanol–water partition coefficient (Wildman–Crippen LogP) is 1.30. The van der Waals surface area contributed by atoms with Gasteiger partial charge in [0.1, 0.15) is 17.4 Å². The standard InChI is InChI=1S/C10H9Cl2N5OS/c11-8-6-7(13-5-14-8)9(16-10(12)15-6)17-1-3-19(18)4-2-17/h5H,1-4H2. The summed E-state index contributed by atoms with van der Waals surface area (Å²) in [6.45, 7) is 1.30. The third kappa shape index (κ3) is 2.50. The Morgan fingerprint density at radius 2 is 1.84 bits per heavy atom. The molecule has 2 aromatic rings. The molecule has 0 bridgehead atoms. The molecule has 0 radical (unpaired) electrons. The Hall–Kier alpha value is -1.05. The number of hydrogen-bond donors (Lipinski definition) is 0. The van der Waals surface area contributed by atoms with Gasteiger partial charge in [-0.15, -0.1) is 0 Å². The second-order valence-corrected chi connectivity index (χ2v) is 6.41. The summed E-state index contributed by atoms with van der Waals surface area (Å²) in [5.41, 5.74) is 1.00. The Labute approximate surface area is 121 Å². The molecule has 0 N–H and O–H groups in total. The first-order chi connectivity index (χ1) is 9.15. The topological polar surface area (TPSA) is 71.9 Å². The summed E-state index contributed by atoms with van der Waals surface area (Å²) in [7, 11) is -0.755. The van der Waals surface area contributed by atoms with Crippen LogP contribution in [0.4, 0.5) is 5.82 Å². The molecule has 3 heterocycles. The van der Waals surface area contributed by atoms with Crippen LogP contribution in [0.3, 0.4) is 0 Å². The molecule has 0 amide bonds. The molecule has 0 aromatic carbocycles. The fourth-order valence-electron chi connectivity index (χ4n) is 1.95. The van der Waals surface area contributed by atoms with Crippen molar-refractivity contribution in [2.45, 2.75) is 0 Å². The average Bonchev–Trinajstić information content (AvgIpc) is 2.40. The van der Waals surface area contributed by atoms with Crippen LogP contribution < -0.4 is 4.90 Å². The van der Waals surface area contributed by atoms with E-state index in [9.17, 15) is 4.21 Å². The molecule has 0 atom stereocenters. The molecule has 1 fully saturated rings. The van der Waals surface area contributed by atoms with Gasteiger partial charge in [-0.2, -0.15) is 4.98 Å². The summed E-state index contributed by atoms with van der Waals surface area (Å²) in [6.07, 6.45) is 1.37. The molecule has 9 heteroatoms. The fourth-order valence-corrected chi connectivity index (χ4v) is 3.34. The number of halogens is 2. The molecule has 100 valence electrons. The van der Waals surface area contributed by atoms with Gasteiger partial charge in [-0.1, -0.05) is 11.6 Å². The van der Waals surface area contributed by atoms with Gasteiger partial charge in [0.15, 0.2) is 11.0 Å². The third-order valence-corrected chi connectivity index (χ3v) is 4.59. The maximum atomic E-state index is 11.4. The van der Waals surface area contributed by atoms with Crippen molar-refractivity contribution in [2.24, 2.45) is 0 Å². The molecule has 6 nitrogen and oxygen atoms in total. The molecule has 2 aromatic heterocycles. The summed E-state index contributed by atoms with van der Waals surface area (Å²) in [4.78, 5) is 18.3. The highest BCUT2D eigenvalue weighted by atomic mass is 35.5. The lowest BCUT2D eigenvalue weighted by atomic mass is 10.3. The monoisotopic (exact) mass is 317 g/mol. The third-order valence-electron chi connectivity index (χ3n) is 2.87. The maximum absolute atomic E-state index is 11.4. The molecule has 3 rings (SSSR count). The smallest absolute Gasteiger partial charge is 0.225 e. The van der Waals surface area contributed by atoms with Crippen LogP contribution in [0.25, 0.3) is 11.0 Å². The molecule has 19 heavy (non-hydrogen) atoms. The van der Waals surface area contributed by atoms with E-state index in [4.69, 9.17) is 23.2 Å². The summed E-state index contributed by atoms with van der Waals surface area (Å²) < 4.78 is 11.4. The summed E-state index contributed by atoms with van der Waals surface area (Å²) in [6, 6.07) is 0. The fraction of sp³-hybridized carbons (Fsp3) is 0.400. The molecule has 0 saturated carbocycles. The van der Waals surface area contributed by atoms with Crippen molar-refractivity contribution in [3.8, 4) is 0 Å². The molecule has 1 aliphatic heterocycles. The lowest BCUT2D eigenvalue weighted by Gasteiger charge is -2.27. The van der Waals surface area contributed by atoms with Gasteiger partial charge in [0.05, 0.1) is 0 Å². The van der Waals surface area contributed by atoms with Crippen molar-refractivity contribution in [3.05, 3.63) is 16.8 Å². The van der Waals surface area contributed by atoms with E-state index in [0.29, 0.717) is 41.4 Å². The van der Waals surface area contributed by atoms with Gasteiger partial charge in [0.25, 0.3) is 0 Å². The Morgan fingerprint density at radius 3 is 2.58 bits per heavy atom. The number of rotatable bonds is 1. The minimum atomic E-state index is -0.755. The van der Waals surface area contributed by atoms with Crippen molar-refractivity contribution in [1.82, 2.24) is 19.9 Å². The second kappa shape index (κ2) is 5.15. The lowest BCUT2D eigenvalue weighted by molar-refractivity contribution is 0.672. The lowest BCUT2D eigenvalue weighted by Crippen LogP contribution is -2.38. The molecule has 0 spiro atoms.